The number of para-hydroxylation sites is 2. The van der Waals surface area contributed by atoms with Gasteiger partial charge in [0, 0.05) is 17.7 Å². The standard InChI is InChI=1S/C17H16N4O4/c22-10-9-18-17-19-14-3-1-2-4-15(14)20(17)11-16(23)12-5-7-13(8-6-12)21(24)25/h1-8,22H,9-11H2,(H,18,19)/p+1. The molecule has 0 amide bonds. The third kappa shape index (κ3) is 3.48. The fourth-order valence-corrected chi connectivity index (χ4v) is 2.61. The van der Waals surface area contributed by atoms with Crippen molar-refractivity contribution in [2.75, 3.05) is 18.5 Å². The number of benzene rings is 2. The first-order valence-corrected chi connectivity index (χ1v) is 7.73. The lowest BCUT2D eigenvalue weighted by molar-refractivity contribution is -0.642. The van der Waals surface area contributed by atoms with Gasteiger partial charge in [-0.3, -0.25) is 20.2 Å². The Morgan fingerprint density at radius 2 is 1.92 bits per heavy atom. The van der Waals surface area contributed by atoms with Crippen LogP contribution in [-0.2, 0) is 6.54 Å². The lowest BCUT2D eigenvalue weighted by Gasteiger charge is -2.04. The van der Waals surface area contributed by atoms with Gasteiger partial charge >= 0.3 is 5.95 Å². The van der Waals surface area contributed by atoms with E-state index in [-0.39, 0.29) is 24.6 Å². The number of aliphatic hydroxyl groups is 1. The number of rotatable bonds is 7. The van der Waals surface area contributed by atoms with Crippen LogP contribution >= 0.6 is 0 Å². The van der Waals surface area contributed by atoms with Gasteiger partial charge in [-0.05, 0) is 24.3 Å². The predicted molar refractivity (Wildman–Crippen MR) is 91.5 cm³/mol. The van der Waals surface area contributed by atoms with Crippen LogP contribution in [0.4, 0.5) is 11.6 Å². The number of aliphatic hydroxyl groups excluding tert-OH is 1. The summed E-state index contributed by atoms with van der Waals surface area (Å²) in [5.74, 6) is 0.446. The van der Waals surface area contributed by atoms with E-state index in [2.05, 4.69) is 10.3 Å². The highest BCUT2D eigenvalue weighted by Gasteiger charge is 2.20. The van der Waals surface area contributed by atoms with Crippen molar-refractivity contribution in [2.24, 2.45) is 0 Å². The van der Waals surface area contributed by atoms with E-state index in [0.717, 1.165) is 11.0 Å². The van der Waals surface area contributed by atoms with Gasteiger partial charge in [-0.2, -0.15) is 0 Å². The van der Waals surface area contributed by atoms with Gasteiger partial charge in [0.2, 0.25) is 0 Å². The van der Waals surface area contributed by atoms with Crippen LogP contribution in [0.3, 0.4) is 0 Å². The number of H-pyrrole nitrogens is 1. The monoisotopic (exact) mass is 341 g/mol. The highest BCUT2D eigenvalue weighted by molar-refractivity contribution is 5.95. The van der Waals surface area contributed by atoms with Crippen LogP contribution in [0.5, 0.6) is 0 Å². The maximum Gasteiger partial charge on any atom is 0.356 e. The zero-order chi connectivity index (χ0) is 17.8. The summed E-state index contributed by atoms with van der Waals surface area (Å²) in [5.41, 5.74) is 2.05. The van der Waals surface area contributed by atoms with Crippen molar-refractivity contribution < 1.29 is 19.4 Å². The minimum atomic E-state index is -0.500. The van der Waals surface area contributed by atoms with Crippen LogP contribution in [0.25, 0.3) is 11.0 Å². The molecule has 3 aromatic rings. The average Bonchev–Trinajstić information content (AvgIpc) is 2.97. The first kappa shape index (κ1) is 16.6. The van der Waals surface area contributed by atoms with Crippen LogP contribution in [0.15, 0.2) is 48.5 Å². The number of hydrogen-bond donors (Lipinski definition) is 3. The molecule has 0 spiro atoms. The van der Waals surface area contributed by atoms with Crippen LogP contribution in [0, 0.1) is 10.1 Å². The molecule has 3 N–H and O–H groups in total. The van der Waals surface area contributed by atoms with Crippen LogP contribution in [-0.4, -0.2) is 33.9 Å². The van der Waals surface area contributed by atoms with E-state index < -0.39 is 4.92 Å². The Bertz CT molecular complexity index is 918. The molecule has 2 aromatic carbocycles. The second kappa shape index (κ2) is 7.10. The van der Waals surface area contributed by atoms with Crippen LogP contribution < -0.4 is 9.88 Å². The number of Topliss-reactive ketones (excluding diaryl/α,β-unsaturated/α-hetero) is 1. The molecule has 25 heavy (non-hydrogen) atoms. The molecule has 0 radical (unpaired) electrons. The molecule has 3 rings (SSSR count). The van der Waals surface area contributed by atoms with E-state index in [1.165, 1.54) is 24.3 Å². The van der Waals surface area contributed by atoms with E-state index in [1.807, 2.05) is 24.3 Å². The van der Waals surface area contributed by atoms with E-state index in [4.69, 9.17) is 5.11 Å². The van der Waals surface area contributed by atoms with Crippen LogP contribution in [0.1, 0.15) is 10.4 Å². The number of fused-ring (bicyclic) bond motifs is 1. The van der Waals surface area contributed by atoms with Crippen molar-refractivity contribution in [3.63, 3.8) is 0 Å². The van der Waals surface area contributed by atoms with Crippen molar-refractivity contribution in [2.45, 2.75) is 6.54 Å². The minimum Gasteiger partial charge on any atom is -0.393 e. The SMILES string of the molecule is O=C(C[n+]1c(NCCO)[nH]c2ccccc21)c1ccc([N+](=O)[O-])cc1. The van der Waals surface area contributed by atoms with Gasteiger partial charge in [-0.15, -0.1) is 0 Å². The molecule has 0 saturated carbocycles. The van der Waals surface area contributed by atoms with Gasteiger partial charge in [0.1, 0.15) is 17.6 Å². The number of carbonyl (C=O) groups excluding carboxylic acids is 1. The molecule has 128 valence electrons. The van der Waals surface area contributed by atoms with E-state index in [1.54, 1.807) is 4.57 Å². The summed E-state index contributed by atoms with van der Waals surface area (Å²) in [6.07, 6.45) is 0. The molecular formula is C17H17N4O4+. The topological polar surface area (TPSA) is 112 Å². The first-order chi connectivity index (χ1) is 12.1. The van der Waals surface area contributed by atoms with Gasteiger partial charge in [-0.25, -0.2) is 9.55 Å². The molecule has 1 heterocycles. The Hall–Kier alpha value is -3.26. The summed E-state index contributed by atoms with van der Waals surface area (Å²) < 4.78 is 1.79. The summed E-state index contributed by atoms with van der Waals surface area (Å²) in [4.78, 5) is 26.0. The lowest BCUT2D eigenvalue weighted by Crippen LogP contribution is -2.40. The molecule has 1 aromatic heterocycles. The number of aromatic nitrogens is 2. The third-order valence-corrected chi connectivity index (χ3v) is 3.82. The number of nitro groups is 1. The van der Waals surface area contributed by atoms with Crippen molar-refractivity contribution in [3.05, 3.63) is 64.2 Å². The fraction of sp³-hybridized carbons (Fsp3) is 0.176. The Morgan fingerprint density at radius 3 is 2.60 bits per heavy atom. The number of carbonyl (C=O) groups is 1. The largest absolute Gasteiger partial charge is 0.393 e. The normalized spacial score (nSPS) is 10.8. The third-order valence-electron chi connectivity index (χ3n) is 3.82. The van der Waals surface area contributed by atoms with Gasteiger partial charge in [0.05, 0.1) is 18.1 Å². The minimum absolute atomic E-state index is 0.0360. The fourth-order valence-electron chi connectivity index (χ4n) is 2.61. The van der Waals surface area contributed by atoms with Gasteiger partial charge in [0.15, 0.2) is 5.78 Å². The molecule has 0 unspecified atom stereocenters. The van der Waals surface area contributed by atoms with Gasteiger partial charge < -0.3 is 5.11 Å². The number of non-ortho nitro benzene ring substituents is 1. The second-order valence-corrected chi connectivity index (χ2v) is 5.45. The number of ketones is 1. The van der Waals surface area contributed by atoms with E-state index in [9.17, 15) is 14.9 Å². The molecule has 8 nitrogen and oxygen atoms in total. The molecule has 0 saturated heterocycles. The number of anilines is 1. The maximum absolute atomic E-state index is 12.6. The number of nitrogens with zero attached hydrogens (tertiary/aromatic N) is 2. The Balaban J connectivity index is 1.90. The Labute approximate surface area is 142 Å². The average molecular weight is 341 g/mol. The van der Waals surface area contributed by atoms with Crippen molar-refractivity contribution in [1.29, 1.82) is 0 Å². The summed E-state index contributed by atoms with van der Waals surface area (Å²) in [7, 11) is 0. The number of aromatic amines is 1. The second-order valence-electron chi connectivity index (χ2n) is 5.45. The number of hydrogen-bond acceptors (Lipinski definition) is 5. The first-order valence-electron chi connectivity index (χ1n) is 7.73. The molecule has 0 atom stereocenters. The zero-order valence-corrected chi connectivity index (χ0v) is 13.3. The molecular weight excluding hydrogens is 324 g/mol. The number of nitro benzene ring substituents is 1. The number of nitrogens with one attached hydrogen (secondary N) is 2. The van der Waals surface area contributed by atoms with Crippen molar-refractivity contribution in [1.82, 2.24) is 4.98 Å². The van der Waals surface area contributed by atoms with Crippen LogP contribution in [0.2, 0.25) is 0 Å². The molecule has 0 aliphatic heterocycles. The van der Waals surface area contributed by atoms with E-state index >= 15 is 0 Å². The van der Waals surface area contributed by atoms with Gasteiger partial charge in [0.25, 0.3) is 5.69 Å². The quantitative estimate of drug-likeness (QED) is 0.262. The summed E-state index contributed by atoms with van der Waals surface area (Å²) >= 11 is 0. The summed E-state index contributed by atoms with van der Waals surface area (Å²) in [6.45, 7) is 0.375. The molecule has 8 heteroatoms. The van der Waals surface area contributed by atoms with E-state index in [0.29, 0.717) is 18.1 Å². The van der Waals surface area contributed by atoms with Gasteiger partial charge in [-0.1, -0.05) is 12.1 Å². The Morgan fingerprint density at radius 1 is 1.20 bits per heavy atom. The maximum atomic E-state index is 12.6. The van der Waals surface area contributed by atoms with Crippen molar-refractivity contribution >= 4 is 28.5 Å². The predicted octanol–water partition coefficient (Wildman–Crippen LogP) is 1.65. The molecule has 0 aliphatic rings. The summed E-state index contributed by atoms with van der Waals surface area (Å²) in [5, 5.41) is 22.8. The highest BCUT2D eigenvalue weighted by atomic mass is 16.6. The Kier molecular flexibility index (Phi) is 4.71. The highest BCUT2D eigenvalue weighted by Crippen LogP contribution is 2.15. The van der Waals surface area contributed by atoms with Crippen molar-refractivity contribution in [3.8, 4) is 0 Å². The number of imidazole rings is 1. The smallest absolute Gasteiger partial charge is 0.356 e. The zero-order valence-electron chi connectivity index (χ0n) is 13.3. The lowest BCUT2D eigenvalue weighted by atomic mass is 10.1. The molecule has 0 bridgehead atoms. The molecule has 0 aliphatic carbocycles. The molecule has 0 fully saturated rings. The summed E-state index contributed by atoms with van der Waals surface area (Å²) in [6, 6.07) is 13.1.